The lowest BCUT2D eigenvalue weighted by atomic mass is 9.96. The van der Waals surface area contributed by atoms with Crippen LogP contribution in [0.1, 0.15) is 60.4 Å². The van der Waals surface area contributed by atoms with Crippen molar-refractivity contribution in [1.29, 1.82) is 0 Å². The van der Waals surface area contributed by atoms with Crippen molar-refractivity contribution in [2.24, 2.45) is 15.7 Å². The second-order valence-electron chi connectivity index (χ2n) is 11.8. The largest absolute Gasteiger partial charge is 0.462 e. The zero-order valence-corrected chi connectivity index (χ0v) is 26.9. The monoisotopic (exact) mass is 604 g/mol. The molecule has 2 heterocycles. The van der Waals surface area contributed by atoms with Gasteiger partial charge in [-0.3, -0.25) is 18.9 Å². The number of rotatable bonds is 12. The smallest absolute Gasteiger partial charge is 0.403 e. The molecule has 0 radical (unpaired) electrons. The van der Waals surface area contributed by atoms with Crippen LogP contribution < -0.4 is 10.8 Å². The molecule has 1 aliphatic rings. The summed E-state index contributed by atoms with van der Waals surface area (Å²) in [5, 5.41) is 13.6. The van der Waals surface area contributed by atoms with Gasteiger partial charge in [0.1, 0.15) is 35.4 Å². The summed E-state index contributed by atoms with van der Waals surface area (Å²) in [4.78, 5) is 34.8. The Morgan fingerprint density at radius 2 is 2.00 bits per heavy atom. The van der Waals surface area contributed by atoms with Crippen molar-refractivity contribution < 1.29 is 37.8 Å². The molecule has 6 atom stereocenters. The van der Waals surface area contributed by atoms with Crippen molar-refractivity contribution >= 4 is 40.4 Å². The SMILES string of the molecule is C=Nc1c(C(N)=NC)ncn1[C@@H]1O[C@H](COP(=O)(O)NC(C)C(=O)OC(C)C)C(O)C1(C)O[Si](C)(C)C(C)(C)C. The van der Waals surface area contributed by atoms with E-state index in [0.717, 1.165) is 0 Å². The molecule has 1 aromatic heterocycles. The van der Waals surface area contributed by atoms with Gasteiger partial charge in [0.2, 0.25) is 0 Å². The first-order chi connectivity index (χ1) is 18.2. The molecule has 0 aromatic carbocycles. The highest BCUT2D eigenvalue weighted by molar-refractivity contribution is 7.50. The van der Waals surface area contributed by atoms with E-state index >= 15 is 0 Å². The van der Waals surface area contributed by atoms with Crippen molar-refractivity contribution in [2.75, 3.05) is 13.7 Å². The molecular weight excluding hydrogens is 559 g/mol. The number of esters is 1. The Morgan fingerprint density at radius 1 is 1.40 bits per heavy atom. The molecule has 0 spiro atoms. The first-order valence-electron chi connectivity index (χ1n) is 13.0. The molecule has 2 rings (SSSR count). The number of imidazole rings is 1. The van der Waals surface area contributed by atoms with Gasteiger partial charge in [-0.1, -0.05) is 20.8 Å². The summed E-state index contributed by atoms with van der Waals surface area (Å²) < 4.78 is 37.6. The number of hydrogen-bond donors (Lipinski definition) is 4. The topological polar surface area (TPSA) is 192 Å². The highest BCUT2D eigenvalue weighted by Crippen LogP contribution is 2.49. The van der Waals surface area contributed by atoms with Crippen molar-refractivity contribution in [3.8, 4) is 0 Å². The Morgan fingerprint density at radius 3 is 2.50 bits per heavy atom. The molecule has 1 fully saturated rings. The summed E-state index contributed by atoms with van der Waals surface area (Å²) in [6.45, 7) is 19.8. The predicted molar refractivity (Wildman–Crippen MR) is 154 cm³/mol. The van der Waals surface area contributed by atoms with Crippen LogP contribution >= 0.6 is 7.75 Å². The minimum Gasteiger partial charge on any atom is -0.462 e. The molecular formula is C24H45N6O8PSi. The van der Waals surface area contributed by atoms with E-state index in [1.54, 1.807) is 20.8 Å². The van der Waals surface area contributed by atoms with Crippen LogP contribution in [0.15, 0.2) is 16.3 Å². The van der Waals surface area contributed by atoms with Crippen LogP contribution in [0.4, 0.5) is 5.82 Å². The third-order valence-corrected chi connectivity index (χ3v) is 12.9. The van der Waals surface area contributed by atoms with Gasteiger partial charge in [-0.15, -0.1) is 0 Å². The number of ether oxygens (including phenoxy) is 2. The zero-order valence-electron chi connectivity index (χ0n) is 25.0. The molecule has 0 saturated carbocycles. The molecule has 0 aliphatic carbocycles. The molecule has 16 heteroatoms. The van der Waals surface area contributed by atoms with Gasteiger partial charge in [0.15, 0.2) is 20.4 Å². The number of carbonyl (C=O) groups excluding carboxylic acids is 1. The van der Waals surface area contributed by atoms with Crippen LogP contribution in [0.5, 0.6) is 0 Å². The maximum atomic E-state index is 12.8. The molecule has 1 aliphatic heterocycles. The van der Waals surface area contributed by atoms with Crippen LogP contribution in [0.3, 0.4) is 0 Å². The molecule has 0 amide bonds. The Kier molecular flexibility index (Phi) is 10.7. The van der Waals surface area contributed by atoms with Gasteiger partial charge in [0.25, 0.3) is 0 Å². The third-order valence-electron chi connectivity index (χ3n) is 7.14. The molecule has 5 N–H and O–H groups in total. The number of aliphatic imine (C=N–C) groups is 2. The molecule has 0 bridgehead atoms. The Hall–Kier alpha value is -1.97. The zero-order chi connectivity index (χ0) is 30.8. The maximum Gasteiger partial charge on any atom is 0.403 e. The number of aliphatic hydroxyl groups is 1. The summed E-state index contributed by atoms with van der Waals surface area (Å²) in [6, 6.07) is -1.12. The summed E-state index contributed by atoms with van der Waals surface area (Å²) >= 11 is 0. The summed E-state index contributed by atoms with van der Waals surface area (Å²) in [7, 11) is -5.52. The van der Waals surface area contributed by atoms with Gasteiger partial charge in [-0.05, 0) is 52.5 Å². The summed E-state index contributed by atoms with van der Waals surface area (Å²) in [5.74, 6) is -0.335. The average molecular weight is 605 g/mol. The fraction of sp³-hybridized carbons (Fsp3) is 0.750. The van der Waals surface area contributed by atoms with E-state index in [-0.39, 0.29) is 22.4 Å². The Balaban J connectivity index is 2.42. The van der Waals surface area contributed by atoms with E-state index in [0.29, 0.717) is 0 Å². The van der Waals surface area contributed by atoms with E-state index in [1.807, 2.05) is 13.1 Å². The third kappa shape index (κ3) is 7.45. The van der Waals surface area contributed by atoms with Crippen molar-refractivity contribution in [2.45, 2.75) is 103 Å². The Labute approximate surface area is 237 Å². The van der Waals surface area contributed by atoms with Crippen LogP contribution in [-0.2, 0) is 27.8 Å². The molecule has 1 aromatic rings. The minimum absolute atomic E-state index is 0.129. The van der Waals surface area contributed by atoms with Gasteiger partial charge in [0.05, 0.1) is 19.0 Å². The van der Waals surface area contributed by atoms with Crippen LogP contribution in [0.25, 0.3) is 0 Å². The number of amidine groups is 1. The lowest BCUT2D eigenvalue weighted by Crippen LogP contribution is -2.56. The molecule has 40 heavy (non-hydrogen) atoms. The lowest BCUT2D eigenvalue weighted by Gasteiger charge is -2.45. The van der Waals surface area contributed by atoms with Crippen LogP contribution in [-0.4, -0.2) is 90.0 Å². The predicted octanol–water partition coefficient (Wildman–Crippen LogP) is 2.64. The minimum atomic E-state index is -4.51. The van der Waals surface area contributed by atoms with Gasteiger partial charge in [-0.25, -0.2) is 19.6 Å². The van der Waals surface area contributed by atoms with Crippen LogP contribution in [0, 0.1) is 0 Å². The van der Waals surface area contributed by atoms with E-state index < -0.39 is 64.8 Å². The molecule has 1 saturated heterocycles. The quantitative estimate of drug-likeness (QED) is 0.0901. The van der Waals surface area contributed by atoms with Gasteiger partial charge in [-0.2, -0.15) is 0 Å². The average Bonchev–Trinajstić information content (AvgIpc) is 3.34. The highest BCUT2D eigenvalue weighted by atomic mass is 31.2. The van der Waals surface area contributed by atoms with Crippen LogP contribution in [0.2, 0.25) is 18.1 Å². The van der Waals surface area contributed by atoms with Crippen molar-refractivity contribution in [1.82, 2.24) is 14.6 Å². The highest BCUT2D eigenvalue weighted by Gasteiger charge is 2.59. The van der Waals surface area contributed by atoms with E-state index in [2.05, 4.69) is 47.5 Å². The maximum absolute atomic E-state index is 12.8. The standard InChI is InChI=1S/C24H45N6O8PSi/c1-14(2)36-21(32)15(3)29-39(33,34)35-12-16-18(31)24(7,38-40(10,11)23(4,5)6)22(37-16)30-13-28-17(19(25)26-8)20(30)27-9/h13-16,18,22,31H,9,12H2,1-8,10-11H3,(H2,25,26)(H2,29,33,34)/t15?,16-,18?,22-,24?/m1/s1. The molecule has 4 unspecified atom stereocenters. The number of nitrogens with one attached hydrogen (secondary N) is 1. The van der Waals surface area contributed by atoms with Gasteiger partial charge >= 0.3 is 13.7 Å². The fourth-order valence-electron chi connectivity index (χ4n) is 3.99. The number of hydrogen-bond acceptors (Lipinski definition) is 10. The number of carbonyl (C=O) groups is 1. The second-order valence-corrected chi connectivity index (χ2v) is 18.0. The number of nitrogens with two attached hydrogens (primary N) is 1. The van der Waals surface area contributed by atoms with Gasteiger partial charge < -0.3 is 29.6 Å². The summed E-state index contributed by atoms with van der Waals surface area (Å²) in [5.41, 5.74) is 4.91. The number of nitrogens with zero attached hydrogens (tertiary/aromatic N) is 4. The lowest BCUT2D eigenvalue weighted by molar-refractivity contribution is -0.149. The number of aromatic nitrogens is 2. The van der Waals surface area contributed by atoms with Gasteiger partial charge in [0, 0.05) is 7.05 Å². The molecule has 228 valence electrons. The Bertz CT molecular complexity index is 1150. The second kappa shape index (κ2) is 12.5. The molecule has 14 nitrogen and oxygen atoms in total. The number of aliphatic hydroxyl groups excluding tert-OH is 1. The van der Waals surface area contributed by atoms with Crippen molar-refractivity contribution in [3.63, 3.8) is 0 Å². The van der Waals surface area contributed by atoms with E-state index in [4.69, 9.17) is 24.2 Å². The summed E-state index contributed by atoms with van der Waals surface area (Å²) in [6.07, 6.45) is -2.38. The fourth-order valence-corrected chi connectivity index (χ4v) is 6.63. The normalized spacial score (nSPS) is 26.5. The van der Waals surface area contributed by atoms with E-state index in [9.17, 15) is 19.4 Å². The first kappa shape index (κ1) is 34.2. The van der Waals surface area contributed by atoms with E-state index in [1.165, 1.54) is 24.9 Å². The van der Waals surface area contributed by atoms with Crippen molar-refractivity contribution in [3.05, 3.63) is 12.0 Å². The first-order valence-corrected chi connectivity index (χ1v) is 17.4.